The van der Waals surface area contributed by atoms with Crippen LogP contribution in [0.2, 0.25) is 0 Å². The summed E-state index contributed by atoms with van der Waals surface area (Å²) >= 11 is 0. The molecule has 0 aliphatic heterocycles. The second-order valence-electron chi connectivity index (χ2n) is 5.45. The first-order valence-corrected chi connectivity index (χ1v) is 7.12. The summed E-state index contributed by atoms with van der Waals surface area (Å²) in [5.74, 6) is 0.849. The van der Waals surface area contributed by atoms with Crippen molar-refractivity contribution in [3.05, 3.63) is 30.1 Å². The second-order valence-corrected chi connectivity index (χ2v) is 5.45. The van der Waals surface area contributed by atoms with Gasteiger partial charge in [-0.2, -0.15) is 0 Å². The highest BCUT2D eigenvalue weighted by atomic mass is 15.1. The van der Waals surface area contributed by atoms with E-state index < -0.39 is 0 Å². The van der Waals surface area contributed by atoms with Crippen LogP contribution in [0.4, 0.5) is 0 Å². The molecule has 0 amide bonds. The van der Waals surface area contributed by atoms with Crippen molar-refractivity contribution in [1.82, 2.24) is 9.88 Å². The topological polar surface area (TPSA) is 42.1 Å². The summed E-state index contributed by atoms with van der Waals surface area (Å²) in [6.45, 7) is 1.79. The van der Waals surface area contributed by atoms with Crippen molar-refractivity contribution in [3.63, 3.8) is 0 Å². The fraction of sp³-hybridized carbons (Fsp3) is 0.667. The zero-order valence-corrected chi connectivity index (χ0v) is 11.4. The van der Waals surface area contributed by atoms with Gasteiger partial charge in [0.15, 0.2) is 0 Å². The van der Waals surface area contributed by atoms with Crippen molar-refractivity contribution in [2.45, 2.75) is 38.1 Å². The summed E-state index contributed by atoms with van der Waals surface area (Å²) in [7, 11) is 2.18. The maximum absolute atomic E-state index is 5.93. The van der Waals surface area contributed by atoms with Crippen molar-refractivity contribution in [2.24, 2.45) is 11.7 Å². The van der Waals surface area contributed by atoms with Crippen LogP contribution in [0.15, 0.2) is 24.4 Å². The normalized spacial score (nSPS) is 19.1. The van der Waals surface area contributed by atoms with Crippen molar-refractivity contribution in [1.29, 1.82) is 0 Å². The fourth-order valence-electron chi connectivity index (χ4n) is 3.00. The van der Waals surface area contributed by atoms with Gasteiger partial charge in [0.1, 0.15) is 0 Å². The average molecular weight is 247 g/mol. The Morgan fingerprint density at radius 2 is 2.11 bits per heavy atom. The lowest BCUT2D eigenvalue weighted by molar-refractivity contribution is 0.183. The van der Waals surface area contributed by atoms with Gasteiger partial charge in [-0.1, -0.05) is 25.3 Å². The third-order valence-electron chi connectivity index (χ3n) is 4.06. The molecule has 100 valence electrons. The molecule has 1 atom stereocenters. The monoisotopic (exact) mass is 247 g/mol. The molecule has 1 heterocycles. The maximum Gasteiger partial charge on any atom is 0.0642 e. The minimum Gasteiger partial charge on any atom is -0.329 e. The van der Waals surface area contributed by atoms with E-state index in [0.29, 0.717) is 6.54 Å². The molecule has 0 aromatic carbocycles. The number of rotatable bonds is 5. The number of aromatic nitrogens is 1. The lowest BCUT2D eigenvalue weighted by Gasteiger charge is -2.32. The number of nitrogens with zero attached hydrogens (tertiary/aromatic N) is 2. The number of hydrogen-bond donors (Lipinski definition) is 1. The minimum absolute atomic E-state index is 0.258. The van der Waals surface area contributed by atoms with E-state index in [1.807, 2.05) is 18.3 Å². The quantitative estimate of drug-likeness (QED) is 0.869. The van der Waals surface area contributed by atoms with Crippen LogP contribution in [0.1, 0.15) is 43.8 Å². The summed E-state index contributed by atoms with van der Waals surface area (Å²) in [5.41, 5.74) is 7.02. The zero-order chi connectivity index (χ0) is 12.8. The lowest BCUT2D eigenvalue weighted by atomic mass is 9.88. The van der Waals surface area contributed by atoms with Gasteiger partial charge in [0, 0.05) is 19.3 Å². The molecule has 1 unspecified atom stereocenters. The highest BCUT2D eigenvalue weighted by molar-refractivity contribution is 5.09. The van der Waals surface area contributed by atoms with Gasteiger partial charge in [-0.15, -0.1) is 0 Å². The van der Waals surface area contributed by atoms with Crippen LogP contribution in [-0.4, -0.2) is 30.0 Å². The Morgan fingerprint density at radius 3 is 2.72 bits per heavy atom. The van der Waals surface area contributed by atoms with E-state index in [4.69, 9.17) is 5.73 Å². The molecule has 0 radical (unpaired) electrons. The molecule has 0 spiro atoms. The standard InChI is InChI=1S/C15H25N3/c1-18(12-13-7-3-2-4-8-13)15(11-16)14-9-5-6-10-17-14/h5-6,9-10,13,15H,2-4,7-8,11-12,16H2,1H3. The fourth-order valence-corrected chi connectivity index (χ4v) is 3.00. The molecule has 18 heavy (non-hydrogen) atoms. The van der Waals surface area contributed by atoms with E-state index in [1.165, 1.54) is 32.1 Å². The van der Waals surface area contributed by atoms with E-state index >= 15 is 0 Å². The number of pyridine rings is 1. The first-order chi connectivity index (χ1) is 8.81. The molecule has 1 aromatic rings. The predicted octanol–water partition coefficient (Wildman–Crippen LogP) is 2.59. The first-order valence-electron chi connectivity index (χ1n) is 7.12. The maximum atomic E-state index is 5.93. The zero-order valence-electron chi connectivity index (χ0n) is 11.4. The minimum atomic E-state index is 0.258. The van der Waals surface area contributed by atoms with Gasteiger partial charge < -0.3 is 5.73 Å². The second kappa shape index (κ2) is 6.86. The third-order valence-corrected chi connectivity index (χ3v) is 4.06. The van der Waals surface area contributed by atoms with E-state index in [1.54, 1.807) is 0 Å². The number of nitrogens with two attached hydrogens (primary N) is 1. The molecule has 1 aliphatic carbocycles. The van der Waals surface area contributed by atoms with E-state index in [9.17, 15) is 0 Å². The average Bonchev–Trinajstić information content (AvgIpc) is 2.42. The van der Waals surface area contributed by atoms with Crippen LogP contribution in [-0.2, 0) is 0 Å². The van der Waals surface area contributed by atoms with Gasteiger partial charge in [0.05, 0.1) is 11.7 Å². The van der Waals surface area contributed by atoms with Crippen molar-refractivity contribution >= 4 is 0 Å². The summed E-state index contributed by atoms with van der Waals surface area (Å²) < 4.78 is 0. The van der Waals surface area contributed by atoms with Gasteiger partial charge in [0.25, 0.3) is 0 Å². The van der Waals surface area contributed by atoms with E-state index in [-0.39, 0.29) is 6.04 Å². The van der Waals surface area contributed by atoms with Gasteiger partial charge in [0.2, 0.25) is 0 Å². The molecule has 3 nitrogen and oxygen atoms in total. The Labute approximate surface area is 110 Å². The van der Waals surface area contributed by atoms with Crippen LogP contribution in [0.25, 0.3) is 0 Å². The molecular weight excluding hydrogens is 222 g/mol. The Hall–Kier alpha value is -0.930. The summed E-state index contributed by atoms with van der Waals surface area (Å²) in [5, 5.41) is 0. The number of likely N-dealkylation sites (N-methyl/N-ethyl adjacent to an activating group) is 1. The highest BCUT2D eigenvalue weighted by Crippen LogP contribution is 2.26. The Balaban J connectivity index is 1.94. The summed E-state index contributed by atoms with van der Waals surface area (Å²) in [6, 6.07) is 6.33. The van der Waals surface area contributed by atoms with E-state index in [2.05, 4.69) is 23.0 Å². The highest BCUT2D eigenvalue weighted by Gasteiger charge is 2.21. The Morgan fingerprint density at radius 1 is 1.33 bits per heavy atom. The van der Waals surface area contributed by atoms with Crippen LogP contribution >= 0.6 is 0 Å². The molecule has 1 aromatic heterocycles. The molecule has 1 fully saturated rings. The molecule has 0 bridgehead atoms. The van der Waals surface area contributed by atoms with Crippen LogP contribution in [0.5, 0.6) is 0 Å². The third kappa shape index (κ3) is 3.53. The van der Waals surface area contributed by atoms with Crippen LogP contribution in [0.3, 0.4) is 0 Å². The van der Waals surface area contributed by atoms with Gasteiger partial charge in [-0.05, 0) is 37.9 Å². The molecule has 1 saturated carbocycles. The smallest absolute Gasteiger partial charge is 0.0642 e. The van der Waals surface area contributed by atoms with Crippen LogP contribution in [0, 0.1) is 5.92 Å². The van der Waals surface area contributed by atoms with Crippen molar-refractivity contribution in [3.8, 4) is 0 Å². The van der Waals surface area contributed by atoms with Crippen LogP contribution < -0.4 is 5.73 Å². The predicted molar refractivity (Wildman–Crippen MR) is 75.2 cm³/mol. The Bertz CT molecular complexity index is 333. The van der Waals surface area contributed by atoms with E-state index in [0.717, 1.165) is 18.2 Å². The largest absolute Gasteiger partial charge is 0.329 e. The molecule has 2 N–H and O–H groups in total. The first kappa shape index (κ1) is 13.5. The van der Waals surface area contributed by atoms with Gasteiger partial charge in [-0.3, -0.25) is 9.88 Å². The van der Waals surface area contributed by atoms with Crippen molar-refractivity contribution < 1.29 is 0 Å². The van der Waals surface area contributed by atoms with Crippen molar-refractivity contribution in [2.75, 3.05) is 20.1 Å². The SMILES string of the molecule is CN(CC1CCCCC1)C(CN)c1ccccn1. The lowest BCUT2D eigenvalue weighted by Crippen LogP contribution is -2.35. The summed E-state index contributed by atoms with van der Waals surface area (Å²) in [6.07, 6.45) is 8.83. The van der Waals surface area contributed by atoms with Gasteiger partial charge in [-0.25, -0.2) is 0 Å². The molecule has 1 aliphatic rings. The summed E-state index contributed by atoms with van der Waals surface area (Å²) in [4.78, 5) is 6.83. The molecule has 2 rings (SSSR count). The molecule has 0 saturated heterocycles. The molecule has 3 heteroatoms. The Kier molecular flexibility index (Phi) is 5.14. The molecular formula is C15H25N3. The van der Waals surface area contributed by atoms with Gasteiger partial charge >= 0.3 is 0 Å². The number of hydrogen-bond acceptors (Lipinski definition) is 3.